The van der Waals surface area contributed by atoms with Gasteiger partial charge >= 0.3 is 0 Å². The van der Waals surface area contributed by atoms with Crippen LogP contribution in [0.2, 0.25) is 0 Å². The molecule has 0 saturated heterocycles. The van der Waals surface area contributed by atoms with E-state index in [0.29, 0.717) is 16.4 Å². The molecule has 25 heavy (non-hydrogen) atoms. The van der Waals surface area contributed by atoms with Crippen molar-refractivity contribution in [1.82, 2.24) is 9.38 Å². The van der Waals surface area contributed by atoms with Crippen LogP contribution in [-0.2, 0) is 6.61 Å². The molecule has 1 aliphatic rings. The molecular formula is C18H17FN2O3S. The summed E-state index contributed by atoms with van der Waals surface area (Å²) in [5, 5.41) is 9.31. The maximum absolute atomic E-state index is 12.9. The molecule has 0 unspecified atom stereocenters. The van der Waals surface area contributed by atoms with E-state index >= 15 is 0 Å². The minimum absolute atomic E-state index is 0.134. The predicted octanol–water partition coefficient (Wildman–Crippen LogP) is 2.88. The Morgan fingerprint density at radius 1 is 1.40 bits per heavy atom. The van der Waals surface area contributed by atoms with Crippen LogP contribution in [0.25, 0.3) is 4.96 Å². The Bertz CT molecular complexity index is 980. The Morgan fingerprint density at radius 3 is 2.84 bits per heavy atom. The second-order valence-corrected chi connectivity index (χ2v) is 7.46. The topological polar surface area (TPSA) is 63.8 Å². The minimum atomic E-state index is -0.326. The second-order valence-electron chi connectivity index (χ2n) is 6.27. The first kappa shape index (κ1) is 16.2. The number of benzene rings is 1. The van der Waals surface area contributed by atoms with E-state index in [1.54, 1.807) is 4.40 Å². The number of aromatic nitrogens is 2. The summed E-state index contributed by atoms with van der Waals surface area (Å²) in [6.07, 6.45) is 0.908. The predicted molar refractivity (Wildman–Crippen MR) is 92.7 cm³/mol. The Labute approximate surface area is 147 Å². The van der Waals surface area contributed by atoms with E-state index in [1.165, 1.54) is 41.7 Å². The van der Waals surface area contributed by atoms with E-state index in [9.17, 15) is 14.3 Å². The Balaban J connectivity index is 1.62. The number of thiazole rings is 1. The van der Waals surface area contributed by atoms with Crippen LogP contribution in [0.15, 0.2) is 35.1 Å². The van der Waals surface area contributed by atoms with Gasteiger partial charge in [0.2, 0.25) is 0 Å². The highest BCUT2D eigenvalue weighted by atomic mass is 32.1. The summed E-state index contributed by atoms with van der Waals surface area (Å²) in [5.41, 5.74) is 1.38. The largest absolute Gasteiger partial charge is 0.487 e. The summed E-state index contributed by atoms with van der Waals surface area (Å²) < 4.78 is 20.1. The van der Waals surface area contributed by atoms with Gasteiger partial charge in [-0.25, -0.2) is 9.37 Å². The molecule has 1 aromatic carbocycles. The number of aliphatic hydroxyl groups is 1. The van der Waals surface area contributed by atoms with Gasteiger partial charge in [0.1, 0.15) is 18.2 Å². The molecule has 0 aliphatic heterocycles. The lowest BCUT2D eigenvalue weighted by Crippen LogP contribution is -2.17. The molecular weight excluding hydrogens is 343 g/mol. The van der Waals surface area contributed by atoms with Crippen LogP contribution < -0.4 is 10.3 Å². The number of rotatable bonds is 5. The maximum atomic E-state index is 12.9. The molecule has 1 aliphatic carbocycles. The van der Waals surface area contributed by atoms with E-state index in [-0.39, 0.29) is 36.4 Å². The van der Waals surface area contributed by atoms with Crippen molar-refractivity contribution in [3.63, 3.8) is 0 Å². The molecule has 0 spiro atoms. The van der Waals surface area contributed by atoms with Crippen LogP contribution in [0.4, 0.5) is 4.39 Å². The summed E-state index contributed by atoms with van der Waals surface area (Å²) in [4.78, 5) is 18.8. The van der Waals surface area contributed by atoms with Crippen molar-refractivity contribution < 1.29 is 14.2 Å². The molecule has 130 valence electrons. The van der Waals surface area contributed by atoms with Crippen LogP contribution in [0.5, 0.6) is 5.75 Å². The molecule has 2 heterocycles. The minimum Gasteiger partial charge on any atom is -0.487 e. The molecule has 1 saturated carbocycles. The van der Waals surface area contributed by atoms with Gasteiger partial charge in [-0.3, -0.25) is 9.20 Å². The van der Waals surface area contributed by atoms with Crippen molar-refractivity contribution >= 4 is 16.3 Å². The zero-order valence-electron chi connectivity index (χ0n) is 13.6. The van der Waals surface area contributed by atoms with Crippen LogP contribution in [0, 0.1) is 18.7 Å². The number of aliphatic hydroxyl groups excluding tert-OH is 1. The van der Waals surface area contributed by atoms with Gasteiger partial charge in [-0.15, -0.1) is 11.3 Å². The fourth-order valence-electron chi connectivity index (χ4n) is 3.12. The van der Waals surface area contributed by atoms with Crippen molar-refractivity contribution in [1.29, 1.82) is 0 Å². The fraction of sp³-hybridized carbons (Fsp3) is 0.333. The average molecular weight is 360 g/mol. The number of hydrogen-bond donors (Lipinski definition) is 1. The quantitative estimate of drug-likeness (QED) is 0.760. The van der Waals surface area contributed by atoms with Crippen molar-refractivity contribution in [2.45, 2.75) is 25.9 Å². The van der Waals surface area contributed by atoms with Crippen LogP contribution in [0.1, 0.15) is 28.6 Å². The number of aryl methyl sites for hydroxylation is 1. The number of ether oxygens (including phenoxy) is 1. The van der Waals surface area contributed by atoms with Crippen LogP contribution >= 0.6 is 11.3 Å². The summed E-state index contributed by atoms with van der Waals surface area (Å²) in [6.45, 7) is 2.27. The molecule has 3 aromatic rings. The van der Waals surface area contributed by atoms with Gasteiger partial charge in [-0.05, 0) is 43.5 Å². The van der Waals surface area contributed by atoms with Gasteiger partial charge < -0.3 is 9.84 Å². The third kappa shape index (κ3) is 3.05. The Morgan fingerprint density at radius 2 is 2.16 bits per heavy atom. The summed E-state index contributed by atoms with van der Waals surface area (Å²) in [6, 6.07) is 7.20. The molecule has 2 atom stereocenters. The van der Waals surface area contributed by atoms with Crippen LogP contribution in [0.3, 0.4) is 0 Å². The van der Waals surface area contributed by atoms with Gasteiger partial charge in [0.05, 0.1) is 5.69 Å². The highest BCUT2D eigenvalue weighted by Crippen LogP contribution is 2.49. The molecule has 0 bridgehead atoms. The lowest BCUT2D eigenvalue weighted by molar-refractivity contribution is 0.273. The van der Waals surface area contributed by atoms with E-state index in [2.05, 4.69) is 4.98 Å². The Kier molecular flexibility index (Phi) is 4.05. The van der Waals surface area contributed by atoms with Crippen molar-refractivity contribution in [3.05, 3.63) is 62.8 Å². The number of hydrogen-bond acceptors (Lipinski definition) is 5. The van der Waals surface area contributed by atoms with Crippen molar-refractivity contribution in [2.24, 2.45) is 5.92 Å². The second kappa shape index (κ2) is 6.24. The third-order valence-electron chi connectivity index (χ3n) is 4.50. The molecule has 0 amide bonds. The molecule has 1 fully saturated rings. The molecule has 7 heteroatoms. The fourth-order valence-corrected chi connectivity index (χ4v) is 4.18. The van der Waals surface area contributed by atoms with Gasteiger partial charge in [0, 0.05) is 29.2 Å². The van der Waals surface area contributed by atoms with Crippen molar-refractivity contribution in [2.75, 3.05) is 6.61 Å². The first-order valence-corrected chi connectivity index (χ1v) is 8.89. The van der Waals surface area contributed by atoms with Gasteiger partial charge in [-0.2, -0.15) is 0 Å². The zero-order valence-corrected chi connectivity index (χ0v) is 14.4. The highest BCUT2D eigenvalue weighted by Gasteiger charge is 2.41. The maximum Gasteiger partial charge on any atom is 0.259 e. The Hall–Kier alpha value is -2.25. The van der Waals surface area contributed by atoms with E-state index in [0.717, 1.165) is 17.0 Å². The van der Waals surface area contributed by atoms with Crippen LogP contribution in [-0.4, -0.2) is 21.1 Å². The monoisotopic (exact) mass is 360 g/mol. The van der Waals surface area contributed by atoms with E-state index in [1.807, 2.05) is 6.92 Å². The lowest BCUT2D eigenvalue weighted by atomic mass is 10.2. The van der Waals surface area contributed by atoms with E-state index in [4.69, 9.17) is 4.74 Å². The SMILES string of the molecule is Cc1sc2nc(COc3ccc(F)cc3)cc(=O)n2c1[C@@H]1C[C@H]1CO. The standard InChI is InChI=1S/C18H17FN2O3S/c1-10-17(15-6-11(15)8-22)21-16(23)7-13(20-18(21)25-10)9-24-14-4-2-12(19)3-5-14/h2-5,7,11,15,22H,6,8-9H2,1H3/t11-,15+/m0/s1. The number of fused-ring (bicyclic) bond motifs is 1. The molecule has 4 rings (SSSR count). The molecule has 2 aromatic heterocycles. The molecule has 5 nitrogen and oxygen atoms in total. The number of halogens is 1. The van der Waals surface area contributed by atoms with Gasteiger partial charge in [-0.1, -0.05) is 0 Å². The molecule has 0 radical (unpaired) electrons. The van der Waals surface area contributed by atoms with Gasteiger partial charge in [0.25, 0.3) is 5.56 Å². The first-order chi connectivity index (χ1) is 12.1. The lowest BCUT2D eigenvalue weighted by Gasteiger charge is -2.06. The summed E-state index contributed by atoms with van der Waals surface area (Å²) in [5.74, 6) is 0.674. The first-order valence-electron chi connectivity index (χ1n) is 8.08. The van der Waals surface area contributed by atoms with E-state index < -0.39 is 0 Å². The van der Waals surface area contributed by atoms with Crippen molar-refractivity contribution in [3.8, 4) is 5.75 Å². The highest BCUT2D eigenvalue weighted by molar-refractivity contribution is 7.17. The van der Waals surface area contributed by atoms with Gasteiger partial charge in [0.15, 0.2) is 4.96 Å². The smallest absolute Gasteiger partial charge is 0.259 e. The number of nitrogens with zero attached hydrogens (tertiary/aromatic N) is 2. The molecule has 1 N–H and O–H groups in total. The summed E-state index contributed by atoms with van der Waals surface area (Å²) in [7, 11) is 0. The average Bonchev–Trinajstić information content (AvgIpc) is 3.29. The summed E-state index contributed by atoms with van der Waals surface area (Å²) >= 11 is 1.48. The third-order valence-corrected chi connectivity index (χ3v) is 5.47. The normalized spacial score (nSPS) is 19.3. The zero-order chi connectivity index (χ0) is 17.6.